The fourth-order valence-electron chi connectivity index (χ4n) is 3.32. The summed E-state index contributed by atoms with van der Waals surface area (Å²) in [6.07, 6.45) is 6.05. The molecular formula is C19H23N7S. The van der Waals surface area contributed by atoms with Gasteiger partial charge in [0.1, 0.15) is 11.6 Å². The Hall–Kier alpha value is -2.58. The maximum atomic E-state index is 5.61. The largest absolute Gasteiger partial charge is 0.353 e. The third kappa shape index (κ3) is 4.06. The van der Waals surface area contributed by atoms with E-state index in [4.69, 9.17) is 17.3 Å². The zero-order chi connectivity index (χ0) is 18.6. The predicted molar refractivity (Wildman–Crippen MR) is 107 cm³/mol. The van der Waals surface area contributed by atoms with Crippen molar-refractivity contribution in [3.8, 4) is 0 Å². The Morgan fingerprint density at radius 3 is 2.52 bits per heavy atom. The Kier molecular flexibility index (Phi) is 5.26. The molecule has 0 spiro atoms. The molecule has 4 rings (SSSR count). The van der Waals surface area contributed by atoms with Crippen LogP contribution in [-0.2, 0) is 20.1 Å². The van der Waals surface area contributed by atoms with Gasteiger partial charge in [-0.25, -0.2) is 9.67 Å². The SMILES string of the molecule is Cn1c(Cc2ccccc2)nn(CN2CCN(c3cnccn3)CC2)c1=S. The number of nitrogens with zero attached hydrogens (tertiary/aromatic N) is 7. The average Bonchev–Trinajstić information content (AvgIpc) is 2.98. The van der Waals surface area contributed by atoms with Crippen LogP contribution in [0, 0.1) is 4.77 Å². The quantitative estimate of drug-likeness (QED) is 0.631. The van der Waals surface area contributed by atoms with Gasteiger partial charge in [0, 0.05) is 52.0 Å². The van der Waals surface area contributed by atoms with Gasteiger partial charge in [-0.3, -0.25) is 9.88 Å². The molecule has 1 aliphatic heterocycles. The first kappa shape index (κ1) is 17.8. The van der Waals surface area contributed by atoms with E-state index in [9.17, 15) is 0 Å². The van der Waals surface area contributed by atoms with Gasteiger partial charge >= 0.3 is 0 Å². The lowest BCUT2D eigenvalue weighted by atomic mass is 10.1. The average molecular weight is 382 g/mol. The van der Waals surface area contributed by atoms with E-state index in [0.29, 0.717) is 0 Å². The van der Waals surface area contributed by atoms with Crippen LogP contribution in [0.5, 0.6) is 0 Å². The van der Waals surface area contributed by atoms with Crippen molar-refractivity contribution >= 4 is 18.0 Å². The van der Waals surface area contributed by atoms with E-state index in [1.165, 1.54) is 5.56 Å². The molecule has 1 aliphatic rings. The highest BCUT2D eigenvalue weighted by atomic mass is 32.1. The van der Waals surface area contributed by atoms with Crippen molar-refractivity contribution in [2.75, 3.05) is 31.1 Å². The van der Waals surface area contributed by atoms with Crippen LogP contribution in [0.4, 0.5) is 5.82 Å². The van der Waals surface area contributed by atoms with Gasteiger partial charge in [0.25, 0.3) is 0 Å². The van der Waals surface area contributed by atoms with Gasteiger partial charge in [-0.05, 0) is 17.8 Å². The molecule has 0 N–H and O–H groups in total. The van der Waals surface area contributed by atoms with Crippen molar-refractivity contribution in [2.45, 2.75) is 13.1 Å². The minimum absolute atomic E-state index is 0.718. The van der Waals surface area contributed by atoms with Crippen molar-refractivity contribution in [2.24, 2.45) is 7.05 Å². The molecule has 7 nitrogen and oxygen atoms in total. The summed E-state index contributed by atoms with van der Waals surface area (Å²) in [4.78, 5) is 13.2. The minimum Gasteiger partial charge on any atom is -0.353 e. The number of anilines is 1. The van der Waals surface area contributed by atoms with Crippen molar-refractivity contribution in [1.82, 2.24) is 29.2 Å². The summed E-state index contributed by atoms with van der Waals surface area (Å²) in [5.41, 5.74) is 1.24. The van der Waals surface area contributed by atoms with Gasteiger partial charge in [0.15, 0.2) is 4.77 Å². The van der Waals surface area contributed by atoms with E-state index >= 15 is 0 Å². The Labute approximate surface area is 163 Å². The Morgan fingerprint density at radius 2 is 1.81 bits per heavy atom. The zero-order valence-corrected chi connectivity index (χ0v) is 16.2. The highest BCUT2D eigenvalue weighted by Crippen LogP contribution is 2.13. The molecule has 0 atom stereocenters. The summed E-state index contributed by atoms with van der Waals surface area (Å²) in [7, 11) is 2.00. The van der Waals surface area contributed by atoms with Crippen LogP contribution >= 0.6 is 12.2 Å². The number of rotatable bonds is 5. The molecule has 1 fully saturated rings. The van der Waals surface area contributed by atoms with Crippen molar-refractivity contribution in [1.29, 1.82) is 0 Å². The number of hydrogen-bond acceptors (Lipinski definition) is 6. The summed E-state index contributed by atoms with van der Waals surface area (Å²) in [5.74, 6) is 1.93. The third-order valence-electron chi connectivity index (χ3n) is 4.92. The molecule has 0 saturated carbocycles. The van der Waals surface area contributed by atoms with E-state index in [-0.39, 0.29) is 0 Å². The number of piperazine rings is 1. The summed E-state index contributed by atoms with van der Waals surface area (Å²) < 4.78 is 4.71. The summed E-state index contributed by atoms with van der Waals surface area (Å²) in [6, 6.07) is 10.4. The van der Waals surface area contributed by atoms with Gasteiger partial charge in [-0.15, -0.1) is 0 Å². The standard InChI is InChI=1S/C19H23N7S/c1-23-17(13-16-5-3-2-4-6-16)22-26(19(23)27)15-24-9-11-25(12-10-24)18-14-20-7-8-21-18/h2-8,14H,9-13,15H2,1H3. The van der Waals surface area contributed by atoms with E-state index in [1.807, 2.05) is 28.6 Å². The van der Waals surface area contributed by atoms with Gasteiger partial charge in [-0.1, -0.05) is 30.3 Å². The minimum atomic E-state index is 0.718. The highest BCUT2D eigenvalue weighted by molar-refractivity contribution is 7.71. The molecule has 27 heavy (non-hydrogen) atoms. The van der Waals surface area contributed by atoms with Crippen LogP contribution in [0.15, 0.2) is 48.9 Å². The van der Waals surface area contributed by atoms with E-state index in [0.717, 1.165) is 55.7 Å². The first-order chi connectivity index (χ1) is 13.2. The van der Waals surface area contributed by atoms with Crippen LogP contribution in [0.1, 0.15) is 11.4 Å². The second-order valence-electron chi connectivity index (χ2n) is 6.73. The van der Waals surface area contributed by atoms with E-state index in [2.05, 4.69) is 44.0 Å². The molecule has 2 aromatic heterocycles. The lowest BCUT2D eigenvalue weighted by Crippen LogP contribution is -2.47. The van der Waals surface area contributed by atoms with Gasteiger partial charge < -0.3 is 9.47 Å². The van der Waals surface area contributed by atoms with Crippen LogP contribution in [-0.4, -0.2) is 55.4 Å². The third-order valence-corrected chi connectivity index (χ3v) is 5.40. The van der Waals surface area contributed by atoms with E-state index < -0.39 is 0 Å². The van der Waals surface area contributed by atoms with Crippen LogP contribution in [0.2, 0.25) is 0 Å². The molecule has 0 aliphatic carbocycles. The van der Waals surface area contributed by atoms with Gasteiger partial charge in [0.05, 0.1) is 12.9 Å². The molecule has 0 unspecified atom stereocenters. The molecule has 0 radical (unpaired) electrons. The normalized spacial score (nSPS) is 15.2. The number of hydrogen-bond donors (Lipinski definition) is 0. The maximum Gasteiger partial charge on any atom is 0.198 e. The van der Waals surface area contributed by atoms with Gasteiger partial charge in [-0.2, -0.15) is 5.10 Å². The molecule has 1 aromatic carbocycles. The van der Waals surface area contributed by atoms with Crippen molar-refractivity contribution < 1.29 is 0 Å². The molecule has 3 heterocycles. The monoisotopic (exact) mass is 381 g/mol. The first-order valence-corrected chi connectivity index (χ1v) is 9.51. The molecule has 1 saturated heterocycles. The number of benzene rings is 1. The van der Waals surface area contributed by atoms with Gasteiger partial charge in [0.2, 0.25) is 0 Å². The lowest BCUT2D eigenvalue weighted by Gasteiger charge is -2.34. The lowest BCUT2D eigenvalue weighted by molar-refractivity contribution is 0.193. The van der Waals surface area contributed by atoms with Crippen molar-refractivity contribution in [3.63, 3.8) is 0 Å². The van der Waals surface area contributed by atoms with E-state index in [1.54, 1.807) is 12.4 Å². The smallest absolute Gasteiger partial charge is 0.198 e. The Bertz CT molecular complexity index is 928. The van der Waals surface area contributed by atoms with Crippen LogP contribution in [0.3, 0.4) is 0 Å². The molecule has 8 heteroatoms. The molecular weight excluding hydrogens is 358 g/mol. The summed E-state index contributed by atoms with van der Waals surface area (Å²) in [6.45, 7) is 4.47. The Balaban J connectivity index is 1.40. The molecule has 0 bridgehead atoms. The summed E-state index contributed by atoms with van der Waals surface area (Å²) in [5, 5.41) is 4.77. The fourth-order valence-corrected chi connectivity index (χ4v) is 3.52. The second kappa shape index (κ2) is 7.98. The molecule has 3 aromatic rings. The number of aromatic nitrogens is 5. The zero-order valence-electron chi connectivity index (χ0n) is 15.4. The predicted octanol–water partition coefficient (Wildman–Crippen LogP) is 2.11. The van der Waals surface area contributed by atoms with Crippen LogP contribution in [0.25, 0.3) is 0 Å². The van der Waals surface area contributed by atoms with Crippen LogP contribution < -0.4 is 4.90 Å². The van der Waals surface area contributed by atoms with Crippen molar-refractivity contribution in [3.05, 3.63) is 65.1 Å². The molecule has 0 amide bonds. The fraction of sp³-hybridized carbons (Fsp3) is 0.368. The second-order valence-corrected chi connectivity index (χ2v) is 7.09. The highest BCUT2D eigenvalue weighted by Gasteiger charge is 2.19. The maximum absolute atomic E-state index is 5.61. The first-order valence-electron chi connectivity index (χ1n) is 9.10. The Morgan fingerprint density at radius 1 is 1.04 bits per heavy atom. The topological polar surface area (TPSA) is 55.0 Å². The summed E-state index contributed by atoms with van der Waals surface area (Å²) >= 11 is 5.61. The molecule has 140 valence electrons.